The summed E-state index contributed by atoms with van der Waals surface area (Å²) >= 11 is 0. The fraction of sp³-hybridized carbons (Fsp3) is 0.273. The van der Waals surface area contributed by atoms with Crippen molar-refractivity contribution in [1.82, 2.24) is 0 Å². The van der Waals surface area contributed by atoms with Gasteiger partial charge in [0.2, 0.25) is 0 Å². The summed E-state index contributed by atoms with van der Waals surface area (Å²) in [6.07, 6.45) is 3.06. The summed E-state index contributed by atoms with van der Waals surface area (Å²) < 4.78 is 48.6. The fourth-order valence-corrected chi connectivity index (χ4v) is 2.07. The maximum Gasteiger partial charge on any atom is 0.264 e. The number of halogens is 3. The van der Waals surface area contributed by atoms with Crippen LogP contribution in [0.25, 0.3) is 6.08 Å². The molecule has 0 bridgehead atoms. The third-order valence-corrected chi connectivity index (χ3v) is 3.31. The molecule has 0 aliphatic carbocycles. The van der Waals surface area contributed by atoms with Crippen LogP contribution in [0.3, 0.4) is 0 Å². The molecule has 0 radical (unpaired) electrons. The molecule has 0 atom stereocenters. The van der Waals surface area contributed by atoms with Crippen LogP contribution in [0.4, 0.5) is 8.78 Å². The van der Waals surface area contributed by atoms with E-state index in [1.165, 1.54) is 6.08 Å². The second-order valence-corrected chi connectivity index (χ2v) is 6.38. The maximum atomic E-state index is 13.3. The van der Waals surface area contributed by atoms with Crippen LogP contribution >= 0.6 is 10.7 Å². The van der Waals surface area contributed by atoms with Gasteiger partial charge < -0.3 is 0 Å². The SMILES string of the molecule is CC(C)C=Cc1cc(S(=O)(=O)Cl)c(F)cc1F. The van der Waals surface area contributed by atoms with Gasteiger partial charge in [0, 0.05) is 22.3 Å². The molecule has 0 saturated carbocycles. The standard InChI is InChI=1S/C11H11ClF2O2S/c1-7(2)3-4-8-5-11(17(12,15)16)10(14)6-9(8)13/h3-7H,1-2H3. The van der Waals surface area contributed by atoms with Crippen molar-refractivity contribution in [3.05, 3.63) is 35.4 Å². The predicted molar refractivity (Wildman–Crippen MR) is 63.3 cm³/mol. The van der Waals surface area contributed by atoms with E-state index < -0.39 is 25.6 Å². The average molecular weight is 281 g/mol. The Labute approximate surface area is 103 Å². The van der Waals surface area contributed by atoms with Crippen LogP contribution in [-0.4, -0.2) is 8.42 Å². The molecule has 0 aliphatic rings. The van der Waals surface area contributed by atoms with Gasteiger partial charge >= 0.3 is 0 Å². The van der Waals surface area contributed by atoms with E-state index in [9.17, 15) is 17.2 Å². The molecule has 2 nitrogen and oxygen atoms in total. The van der Waals surface area contributed by atoms with Gasteiger partial charge in [-0.05, 0) is 12.0 Å². The zero-order valence-electron chi connectivity index (χ0n) is 9.25. The molecule has 0 N–H and O–H groups in total. The molecule has 94 valence electrons. The van der Waals surface area contributed by atoms with Crippen molar-refractivity contribution in [1.29, 1.82) is 0 Å². The van der Waals surface area contributed by atoms with Crippen LogP contribution in [-0.2, 0) is 9.05 Å². The van der Waals surface area contributed by atoms with Gasteiger partial charge in [0.05, 0.1) is 0 Å². The summed E-state index contributed by atoms with van der Waals surface area (Å²) in [5, 5.41) is 0. The van der Waals surface area contributed by atoms with Crippen molar-refractivity contribution in [2.45, 2.75) is 18.7 Å². The number of benzene rings is 1. The lowest BCUT2D eigenvalue weighted by Gasteiger charge is -2.03. The number of allylic oxidation sites excluding steroid dienone is 1. The van der Waals surface area contributed by atoms with E-state index >= 15 is 0 Å². The summed E-state index contributed by atoms with van der Waals surface area (Å²) in [4.78, 5) is -0.719. The van der Waals surface area contributed by atoms with Crippen LogP contribution in [0.2, 0.25) is 0 Å². The zero-order chi connectivity index (χ0) is 13.2. The third kappa shape index (κ3) is 3.78. The predicted octanol–water partition coefficient (Wildman–Crippen LogP) is 3.56. The first kappa shape index (κ1) is 14.1. The molecule has 1 rings (SSSR count). The molecular formula is C11H11ClF2O2S. The molecule has 0 fully saturated rings. The van der Waals surface area contributed by atoms with Gasteiger partial charge in [-0.2, -0.15) is 0 Å². The number of rotatable bonds is 3. The first-order valence-corrected chi connectivity index (χ1v) is 7.14. The Kier molecular flexibility index (Phi) is 4.27. The van der Waals surface area contributed by atoms with Gasteiger partial charge in [0.1, 0.15) is 16.5 Å². The molecule has 0 aliphatic heterocycles. The minimum Gasteiger partial charge on any atom is -0.207 e. The van der Waals surface area contributed by atoms with Gasteiger partial charge in [0.15, 0.2) is 0 Å². The Bertz CT molecular complexity index is 551. The van der Waals surface area contributed by atoms with Gasteiger partial charge in [-0.15, -0.1) is 0 Å². The highest BCUT2D eigenvalue weighted by Crippen LogP contribution is 2.23. The van der Waals surface area contributed by atoms with Crippen LogP contribution in [0.1, 0.15) is 19.4 Å². The Morgan fingerprint density at radius 1 is 1.24 bits per heavy atom. The Hall–Kier alpha value is -0.940. The van der Waals surface area contributed by atoms with E-state index in [1.54, 1.807) is 6.08 Å². The topological polar surface area (TPSA) is 34.1 Å². The Morgan fingerprint density at radius 2 is 1.82 bits per heavy atom. The van der Waals surface area contributed by atoms with Gasteiger partial charge in [0.25, 0.3) is 9.05 Å². The molecule has 0 amide bonds. The molecular weight excluding hydrogens is 270 g/mol. The summed E-state index contributed by atoms with van der Waals surface area (Å²) in [5.74, 6) is -1.86. The van der Waals surface area contributed by atoms with E-state index in [-0.39, 0.29) is 11.5 Å². The van der Waals surface area contributed by atoms with Crippen molar-refractivity contribution in [2.24, 2.45) is 5.92 Å². The minimum atomic E-state index is -4.21. The van der Waals surface area contributed by atoms with Crippen molar-refractivity contribution in [3.63, 3.8) is 0 Å². The maximum absolute atomic E-state index is 13.3. The van der Waals surface area contributed by atoms with E-state index in [0.29, 0.717) is 6.07 Å². The first-order chi connectivity index (χ1) is 7.71. The van der Waals surface area contributed by atoms with E-state index in [1.807, 2.05) is 13.8 Å². The molecule has 0 spiro atoms. The average Bonchev–Trinajstić information content (AvgIpc) is 2.13. The summed E-state index contributed by atoms with van der Waals surface area (Å²) in [5.41, 5.74) is -0.0145. The highest BCUT2D eigenvalue weighted by atomic mass is 35.7. The largest absolute Gasteiger partial charge is 0.264 e. The monoisotopic (exact) mass is 280 g/mol. The quantitative estimate of drug-likeness (QED) is 0.793. The third-order valence-electron chi connectivity index (χ3n) is 1.97. The molecule has 0 aromatic heterocycles. The highest BCUT2D eigenvalue weighted by Gasteiger charge is 2.18. The molecule has 1 aromatic carbocycles. The second-order valence-electron chi connectivity index (χ2n) is 3.85. The minimum absolute atomic E-state index is 0.0145. The molecule has 6 heteroatoms. The summed E-state index contributed by atoms with van der Waals surface area (Å²) in [7, 11) is 0.822. The van der Waals surface area contributed by atoms with E-state index in [4.69, 9.17) is 10.7 Å². The highest BCUT2D eigenvalue weighted by molar-refractivity contribution is 8.13. The Balaban J connectivity index is 3.35. The lowest BCUT2D eigenvalue weighted by Crippen LogP contribution is -1.98. The van der Waals surface area contributed by atoms with E-state index in [0.717, 1.165) is 6.07 Å². The normalized spacial score (nSPS) is 12.6. The smallest absolute Gasteiger partial charge is 0.207 e. The van der Waals surface area contributed by atoms with Gasteiger partial charge in [-0.3, -0.25) is 0 Å². The van der Waals surface area contributed by atoms with Crippen LogP contribution in [0.5, 0.6) is 0 Å². The number of hydrogen-bond donors (Lipinski definition) is 0. The molecule has 17 heavy (non-hydrogen) atoms. The molecule has 0 unspecified atom stereocenters. The van der Waals surface area contributed by atoms with Crippen LogP contribution in [0.15, 0.2) is 23.1 Å². The second kappa shape index (κ2) is 5.14. The fourth-order valence-electron chi connectivity index (χ4n) is 1.16. The lowest BCUT2D eigenvalue weighted by molar-refractivity contribution is 0.552. The van der Waals surface area contributed by atoms with Crippen molar-refractivity contribution < 1.29 is 17.2 Å². The summed E-state index contributed by atoms with van der Waals surface area (Å²) in [6.45, 7) is 3.74. The van der Waals surface area contributed by atoms with Gasteiger partial charge in [-0.1, -0.05) is 26.0 Å². The Morgan fingerprint density at radius 3 is 2.29 bits per heavy atom. The zero-order valence-corrected chi connectivity index (χ0v) is 10.8. The molecule has 1 aromatic rings. The molecule has 0 saturated heterocycles. The van der Waals surface area contributed by atoms with Crippen LogP contribution < -0.4 is 0 Å². The number of hydrogen-bond acceptors (Lipinski definition) is 2. The molecule has 0 heterocycles. The van der Waals surface area contributed by atoms with Gasteiger partial charge in [-0.25, -0.2) is 17.2 Å². The van der Waals surface area contributed by atoms with E-state index in [2.05, 4.69) is 0 Å². The lowest BCUT2D eigenvalue weighted by atomic mass is 10.1. The van der Waals surface area contributed by atoms with Crippen molar-refractivity contribution in [2.75, 3.05) is 0 Å². The van der Waals surface area contributed by atoms with Crippen LogP contribution in [0, 0.1) is 17.6 Å². The van der Waals surface area contributed by atoms with Crippen molar-refractivity contribution >= 4 is 25.8 Å². The summed E-state index contributed by atoms with van der Waals surface area (Å²) in [6, 6.07) is 1.39. The first-order valence-electron chi connectivity index (χ1n) is 4.83. The van der Waals surface area contributed by atoms with Crippen molar-refractivity contribution in [3.8, 4) is 0 Å².